The Morgan fingerprint density at radius 2 is 2.25 bits per heavy atom. The van der Waals surface area contributed by atoms with Crippen LogP contribution in [0.2, 0.25) is 0 Å². The van der Waals surface area contributed by atoms with Crippen LogP contribution in [0.4, 0.5) is 0 Å². The van der Waals surface area contributed by atoms with E-state index < -0.39 is 0 Å². The molecule has 0 aliphatic rings. The Morgan fingerprint density at radius 1 is 1.44 bits per heavy atom. The van der Waals surface area contributed by atoms with E-state index in [2.05, 4.69) is 17.4 Å². The van der Waals surface area contributed by atoms with Gasteiger partial charge in [0.25, 0.3) is 0 Å². The number of hydrogen-bond donors (Lipinski definition) is 1. The highest BCUT2D eigenvalue weighted by Crippen LogP contribution is 2.19. The summed E-state index contributed by atoms with van der Waals surface area (Å²) in [6, 6.07) is 6.21. The first-order chi connectivity index (χ1) is 7.77. The molecule has 1 N–H and O–H groups in total. The summed E-state index contributed by atoms with van der Waals surface area (Å²) >= 11 is 0. The Balaban J connectivity index is 2.49. The quantitative estimate of drug-likeness (QED) is 0.563. The second kappa shape index (κ2) is 7.01. The number of carbonyl (C=O) groups excluding carboxylic acids is 1. The average molecular weight is 221 g/mol. The lowest BCUT2D eigenvalue weighted by molar-refractivity contribution is -0.107. The lowest BCUT2D eigenvalue weighted by Crippen LogP contribution is -2.19. The van der Waals surface area contributed by atoms with Crippen LogP contribution in [0.25, 0.3) is 0 Å². The molecule has 1 rings (SSSR count). The van der Waals surface area contributed by atoms with Crippen molar-refractivity contribution in [2.24, 2.45) is 0 Å². The third-order valence-electron chi connectivity index (χ3n) is 2.36. The van der Waals surface area contributed by atoms with Gasteiger partial charge >= 0.3 is 0 Å². The number of aldehydes is 1. The fourth-order valence-electron chi connectivity index (χ4n) is 1.58. The zero-order chi connectivity index (χ0) is 11.8. The van der Waals surface area contributed by atoms with Gasteiger partial charge in [0.05, 0.1) is 13.2 Å². The van der Waals surface area contributed by atoms with E-state index >= 15 is 0 Å². The van der Waals surface area contributed by atoms with E-state index in [0.29, 0.717) is 13.2 Å². The number of nitrogens with one attached hydrogen (secondary N) is 1. The van der Waals surface area contributed by atoms with Gasteiger partial charge in [0, 0.05) is 0 Å². The molecular weight excluding hydrogens is 202 g/mol. The van der Waals surface area contributed by atoms with Gasteiger partial charge in [-0.25, -0.2) is 0 Å². The first kappa shape index (κ1) is 12.7. The van der Waals surface area contributed by atoms with E-state index in [1.165, 1.54) is 5.56 Å². The van der Waals surface area contributed by atoms with E-state index in [0.717, 1.165) is 30.6 Å². The van der Waals surface area contributed by atoms with Crippen LogP contribution in [0.5, 0.6) is 5.75 Å². The summed E-state index contributed by atoms with van der Waals surface area (Å²) in [5.74, 6) is 0.951. The Hall–Kier alpha value is -1.35. The highest BCUT2D eigenvalue weighted by Gasteiger charge is 2.00. The molecule has 3 nitrogen and oxygen atoms in total. The van der Waals surface area contributed by atoms with Crippen LogP contribution < -0.4 is 10.1 Å². The number of aryl methyl sites for hydroxylation is 1. The van der Waals surface area contributed by atoms with Gasteiger partial charge in [-0.2, -0.15) is 0 Å². The minimum absolute atomic E-state index is 0.427. The van der Waals surface area contributed by atoms with Gasteiger partial charge in [0.1, 0.15) is 12.0 Å². The summed E-state index contributed by atoms with van der Waals surface area (Å²) in [7, 11) is 0. The first-order valence-corrected chi connectivity index (χ1v) is 5.64. The minimum atomic E-state index is 0.427. The van der Waals surface area contributed by atoms with Crippen LogP contribution in [0, 0.1) is 6.92 Å². The zero-order valence-electron chi connectivity index (χ0n) is 9.95. The molecular formula is C13H19NO2. The first-order valence-electron chi connectivity index (χ1n) is 5.64. The molecule has 0 saturated carbocycles. The molecule has 0 bridgehead atoms. The summed E-state index contributed by atoms with van der Waals surface area (Å²) in [6.45, 7) is 5.98. The zero-order valence-corrected chi connectivity index (χ0v) is 9.95. The van der Waals surface area contributed by atoms with Crippen LogP contribution in [-0.2, 0) is 11.2 Å². The maximum absolute atomic E-state index is 10.1. The van der Waals surface area contributed by atoms with Crippen molar-refractivity contribution in [3.8, 4) is 5.75 Å². The van der Waals surface area contributed by atoms with Crippen LogP contribution in [0.1, 0.15) is 18.1 Å². The summed E-state index contributed by atoms with van der Waals surface area (Å²) in [5.41, 5.74) is 2.43. The molecule has 0 aliphatic heterocycles. The Bertz CT molecular complexity index is 337. The summed E-state index contributed by atoms with van der Waals surface area (Å²) in [4.78, 5) is 10.1. The van der Waals surface area contributed by atoms with Gasteiger partial charge in [0.15, 0.2) is 0 Å². The monoisotopic (exact) mass is 221 g/mol. The summed E-state index contributed by atoms with van der Waals surface area (Å²) < 4.78 is 5.47. The highest BCUT2D eigenvalue weighted by atomic mass is 16.5. The van der Waals surface area contributed by atoms with Gasteiger partial charge in [-0.1, -0.05) is 12.1 Å². The summed E-state index contributed by atoms with van der Waals surface area (Å²) in [5, 5.41) is 3.04. The second-order valence-corrected chi connectivity index (χ2v) is 3.65. The fraction of sp³-hybridized carbons (Fsp3) is 0.462. The smallest absolute Gasteiger partial charge is 0.133 e. The average Bonchev–Trinajstić information content (AvgIpc) is 2.28. The van der Waals surface area contributed by atoms with E-state index in [9.17, 15) is 4.79 Å². The van der Waals surface area contributed by atoms with E-state index in [-0.39, 0.29) is 0 Å². The van der Waals surface area contributed by atoms with Crippen LogP contribution in [-0.4, -0.2) is 26.0 Å². The Morgan fingerprint density at radius 3 is 2.88 bits per heavy atom. The Labute approximate surface area is 96.8 Å². The molecule has 3 heteroatoms. The Kier molecular flexibility index (Phi) is 5.57. The molecule has 0 aliphatic carbocycles. The fourth-order valence-corrected chi connectivity index (χ4v) is 1.58. The molecule has 1 aromatic rings. The van der Waals surface area contributed by atoms with Crippen LogP contribution >= 0.6 is 0 Å². The largest absolute Gasteiger partial charge is 0.494 e. The molecule has 0 amide bonds. The normalized spacial score (nSPS) is 10.1. The third-order valence-corrected chi connectivity index (χ3v) is 2.36. The van der Waals surface area contributed by atoms with Crippen molar-refractivity contribution in [3.63, 3.8) is 0 Å². The number of hydrogen-bond acceptors (Lipinski definition) is 3. The third kappa shape index (κ3) is 4.03. The number of benzene rings is 1. The number of ether oxygens (including phenoxy) is 1. The molecule has 0 unspecified atom stereocenters. The predicted octanol–water partition coefficient (Wildman–Crippen LogP) is 1.72. The van der Waals surface area contributed by atoms with Gasteiger partial charge in [-0.05, 0) is 44.0 Å². The van der Waals surface area contributed by atoms with E-state index in [1.54, 1.807) is 0 Å². The van der Waals surface area contributed by atoms with Crippen molar-refractivity contribution in [3.05, 3.63) is 29.3 Å². The molecule has 88 valence electrons. The number of rotatable bonds is 7. The minimum Gasteiger partial charge on any atom is -0.494 e. The van der Waals surface area contributed by atoms with Crippen molar-refractivity contribution >= 4 is 6.29 Å². The van der Waals surface area contributed by atoms with Gasteiger partial charge in [0.2, 0.25) is 0 Å². The van der Waals surface area contributed by atoms with Crippen LogP contribution in [0.15, 0.2) is 18.2 Å². The molecule has 0 saturated heterocycles. The van der Waals surface area contributed by atoms with E-state index in [1.807, 2.05) is 19.9 Å². The molecule has 16 heavy (non-hydrogen) atoms. The van der Waals surface area contributed by atoms with Gasteiger partial charge in [-0.3, -0.25) is 0 Å². The van der Waals surface area contributed by atoms with Crippen molar-refractivity contribution in [2.75, 3.05) is 19.7 Å². The molecule has 0 atom stereocenters. The molecule has 0 radical (unpaired) electrons. The second-order valence-electron chi connectivity index (χ2n) is 3.65. The molecule has 0 aromatic heterocycles. The standard InChI is InChI=1S/C13H19NO2/c1-3-16-13-5-4-12(10-11(13)2)6-7-14-8-9-15/h4-5,9-10,14H,3,6-8H2,1-2H3. The highest BCUT2D eigenvalue weighted by molar-refractivity contribution is 5.51. The van der Waals surface area contributed by atoms with Gasteiger partial charge < -0.3 is 14.8 Å². The number of carbonyl (C=O) groups is 1. The van der Waals surface area contributed by atoms with Gasteiger partial charge in [-0.15, -0.1) is 0 Å². The van der Waals surface area contributed by atoms with Crippen molar-refractivity contribution in [2.45, 2.75) is 20.3 Å². The van der Waals surface area contributed by atoms with Crippen molar-refractivity contribution in [1.29, 1.82) is 0 Å². The molecule has 1 aromatic carbocycles. The molecule has 0 heterocycles. The molecule has 0 spiro atoms. The van der Waals surface area contributed by atoms with Crippen molar-refractivity contribution in [1.82, 2.24) is 5.32 Å². The van der Waals surface area contributed by atoms with Crippen molar-refractivity contribution < 1.29 is 9.53 Å². The van der Waals surface area contributed by atoms with Crippen LogP contribution in [0.3, 0.4) is 0 Å². The SMILES string of the molecule is CCOc1ccc(CCNCC=O)cc1C. The maximum Gasteiger partial charge on any atom is 0.133 e. The lowest BCUT2D eigenvalue weighted by atomic mass is 10.1. The lowest BCUT2D eigenvalue weighted by Gasteiger charge is -2.09. The topological polar surface area (TPSA) is 38.3 Å². The maximum atomic E-state index is 10.1. The molecule has 0 fully saturated rings. The van der Waals surface area contributed by atoms with E-state index in [4.69, 9.17) is 4.74 Å². The summed E-state index contributed by atoms with van der Waals surface area (Å²) in [6.07, 6.45) is 1.81. The predicted molar refractivity (Wildman–Crippen MR) is 65.0 cm³/mol.